The Balaban J connectivity index is 2.60. The third kappa shape index (κ3) is 4.49. The molecule has 0 saturated carbocycles. The van der Waals surface area contributed by atoms with Crippen LogP contribution in [0.25, 0.3) is 6.08 Å². The van der Waals surface area contributed by atoms with E-state index in [1.165, 1.54) is 6.08 Å². The molecule has 0 radical (unpaired) electrons. The van der Waals surface area contributed by atoms with Crippen LogP contribution in [0.15, 0.2) is 30.3 Å². The van der Waals surface area contributed by atoms with Gasteiger partial charge in [-0.05, 0) is 24.6 Å². The van der Waals surface area contributed by atoms with Gasteiger partial charge in [0.1, 0.15) is 6.10 Å². The van der Waals surface area contributed by atoms with Gasteiger partial charge < -0.3 is 14.9 Å². The molecule has 1 aromatic rings. The molecule has 1 aromatic carbocycles. The maximum absolute atomic E-state index is 11.2. The molecule has 0 aliphatic rings. The highest BCUT2D eigenvalue weighted by Crippen LogP contribution is 2.11. The van der Waals surface area contributed by atoms with Crippen molar-refractivity contribution in [2.24, 2.45) is 0 Å². The first-order valence-electron chi connectivity index (χ1n) is 5.51. The first kappa shape index (κ1) is 14.7. The van der Waals surface area contributed by atoms with Gasteiger partial charge >= 0.3 is 5.97 Å². The summed E-state index contributed by atoms with van der Waals surface area (Å²) in [5.74, 6) is -0.842. The van der Waals surface area contributed by atoms with Crippen molar-refractivity contribution in [1.82, 2.24) is 0 Å². The molecule has 98 valence electrons. The van der Waals surface area contributed by atoms with E-state index in [1.54, 1.807) is 37.3 Å². The Morgan fingerprint density at radius 1 is 1.39 bits per heavy atom. The molecule has 0 aromatic heterocycles. The van der Waals surface area contributed by atoms with Crippen LogP contribution in [0.3, 0.4) is 0 Å². The second kappa shape index (κ2) is 7.16. The van der Waals surface area contributed by atoms with E-state index in [2.05, 4.69) is 4.74 Å². The molecule has 0 amide bonds. The normalized spacial score (nSPS) is 14.4. The number of aliphatic hydroxyl groups is 2. The molecule has 4 nitrogen and oxygen atoms in total. The van der Waals surface area contributed by atoms with Crippen molar-refractivity contribution in [2.75, 3.05) is 6.61 Å². The number of rotatable bonds is 5. The lowest BCUT2D eigenvalue weighted by Crippen LogP contribution is -2.34. The lowest BCUT2D eigenvalue weighted by Gasteiger charge is -2.12. The largest absolute Gasteiger partial charge is 0.464 e. The second-order valence-corrected chi connectivity index (χ2v) is 4.03. The molecule has 5 heteroatoms. The van der Waals surface area contributed by atoms with E-state index < -0.39 is 18.2 Å². The highest BCUT2D eigenvalue weighted by molar-refractivity contribution is 6.30. The van der Waals surface area contributed by atoms with E-state index >= 15 is 0 Å². The summed E-state index contributed by atoms with van der Waals surface area (Å²) in [7, 11) is 0. The topological polar surface area (TPSA) is 66.8 Å². The summed E-state index contributed by atoms with van der Waals surface area (Å²) >= 11 is 5.73. The van der Waals surface area contributed by atoms with Gasteiger partial charge in [0, 0.05) is 5.02 Å². The van der Waals surface area contributed by atoms with Crippen LogP contribution in [0, 0.1) is 0 Å². The third-order valence-electron chi connectivity index (χ3n) is 2.21. The van der Waals surface area contributed by atoms with Gasteiger partial charge in [0.25, 0.3) is 0 Å². The highest BCUT2D eigenvalue weighted by Gasteiger charge is 2.23. The second-order valence-electron chi connectivity index (χ2n) is 3.60. The van der Waals surface area contributed by atoms with E-state index in [0.717, 1.165) is 5.56 Å². The Labute approximate surface area is 110 Å². The van der Waals surface area contributed by atoms with Crippen molar-refractivity contribution in [2.45, 2.75) is 19.1 Å². The quantitative estimate of drug-likeness (QED) is 0.798. The van der Waals surface area contributed by atoms with Crippen molar-refractivity contribution >= 4 is 23.6 Å². The van der Waals surface area contributed by atoms with Crippen LogP contribution >= 0.6 is 11.6 Å². The Morgan fingerprint density at radius 2 is 2.00 bits per heavy atom. The van der Waals surface area contributed by atoms with Crippen molar-refractivity contribution in [1.29, 1.82) is 0 Å². The van der Waals surface area contributed by atoms with Gasteiger partial charge in [0.15, 0.2) is 6.10 Å². The molecule has 2 atom stereocenters. The molecule has 0 saturated heterocycles. The highest BCUT2D eigenvalue weighted by atomic mass is 35.5. The molecule has 0 unspecified atom stereocenters. The zero-order chi connectivity index (χ0) is 13.5. The van der Waals surface area contributed by atoms with Gasteiger partial charge in [0.05, 0.1) is 6.61 Å². The number of benzene rings is 1. The number of hydrogen-bond acceptors (Lipinski definition) is 4. The third-order valence-corrected chi connectivity index (χ3v) is 2.46. The minimum absolute atomic E-state index is 0.156. The number of esters is 1. The monoisotopic (exact) mass is 270 g/mol. The smallest absolute Gasteiger partial charge is 0.338 e. The molecule has 2 N–H and O–H groups in total. The van der Waals surface area contributed by atoms with Crippen LogP contribution in [-0.2, 0) is 9.53 Å². The summed E-state index contributed by atoms with van der Waals surface area (Å²) in [6.45, 7) is 1.78. The zero-order valence-corrected chi connectivity index (χ0v) is 10.7. The predicted octanol–water partition coefficient (Wildman–Crippen LogP) is 1.64. The summed E-state index contributed by atoms with van der Waals surface area (Å²) in [4.78, 5) is 11.2. The van der Waals surface area contributed by atoms with Gasteiger partial charge in [-0.15, -0.1) is 0 Å². The Hall–Kier alpha value is -1.36. The molecule has 0 fully saturated rings. The van der Waals surface area contributed by atoms with Crippen LogP contribution in [0.4, 0.5) is 0 Å². The van der Waals surface area contributed by atoms with E-state index in [1.807, 2.05) is 0 Å². The number of hydrogen-bond donors (Lipinski definition) is 2. The summed E-state index contributed by atoms with van der Waals surface area (Å²) < 4.78 is 4.59. The van der Waals surface area contributed by atoms with E-state index in [0.29, 0.717) is 5.02 Å². The van der Waals surface area contributed by atoms with Gasteiger partial charge in [0.2, 0.25) is 0 Å². The number of aliphatic hydroxyl groups excluding tert-OH is 2. The van der Waals surface area contributed by atoms with Gasteiger partial charge in [-0.2, -0.15) is 0 Å². The van der Waals surface area contributed by atoms with Crippen LogP contribution in [0.2, 0.25) is 5.02 Å². The first-order valence-corrected chi connectivity index (χ1v) is 5.89. The van der Waals surface area contributed by atoms with Crippen LogP contribution in [-0.4, -0.2) is 35.0 Å². The van der Waals surface area contributed by atoms with E-state index in [9.17, 15) is 15.0 Å². The van der Waals surface area contributed by atoms with Gasteiger partial charge in [-0.1, -0.05) is 35.9 Å². The lowest BCUT2D eigenvalue weighted by molar-refractivity contribution is -0.157. The summed E-state index contributed by atoms with van der Waals surface area (Å²) in [5, 5.41) is 19.6. The standard InChI is InChI=1S/C13H15ClO4/c1-2-18-13(17)12(16)11(15)8-5-9-3-6-10(14)7-4-9/h3-8,11-12,15-16H,2H2,1H3/b8-5+/t11-,12+/m0/s1. The maximum atomic E-state index is 11.2. The van der Waals surface area contributed by atoms with Crippen molar-refractivity contribution in [3.63, 3.8) is 0 Å². The molecule has 0 bridgehead atoms. The number of ether oxygens (including phenoxy) is 1. The van der Waals surface area contributed by atoms with Gasteiger partial charge in [-0.3, -0.25) is 0 Å². The van der Waals surface area contributed by atoms with Crippen LogP contribution in [0.5, 0.6) is 0 Å². The Bertz CT molecular complexity index is 414. The summed E-state index contributed by atoms with van der Waals surface area (Å²) in [6.07, 6.45) is 0.0297. The van der Waals surface area contributed by atoms with Crippen LogP contribution < -0.4 is 0 Å². The molecular formula is C13H15ClO4. The number of halogens is 1. The maximum Gasteiger partial charge on any atom is 0.338 e. The molecule has 18 heavy (non-hydrogen) atoms. The SMILES string of the molecule is CCOC(=O)[C@H](O)[C@@H](O)/C=C/c1ccc(Cl)cc1. The fourth-order valence-electron chi connectivity index (χ4n) is 1.26. The lowest BCUT2D eigenvalue weighted by atomic mass is 10.1. The van der Waals surface area contributed by atoms with Crippen molar-refractivity contribution in [3.8, 4) is 0 Å². The van der Waals surface area contributed by atoms with Crippen LogP contribution in [0.1, 0.15) is 12.5 Å². The molecular weight excluding hydrogens is 256 g/mol. The van der Waals surface area contributed by atoms with Gasteiger partial charge in [-0.25, -0.2) is 4.79 Å². The summed E-state index contributed by atoms with van der Waals surface area (Å²) in [5.41, 5.74) is 0.800. The zero-order valence-electron chi connectivity index (χ0n) is 9.91. The molecule has 0 aliphatic carbocycles. The molecule has 0 heterocycles. The average Bonchev–Trinajstić information content (AvgIpc) is 2.37. The van der Waals surface area contributed by atoms with Crippen molar-refractivity contribution < 1.29 is 19.7 Å². The van der Waals surface area contributed by atoms with E-state index in [-0.39, 0.29) is 6.61 Å². The Kier molecular flexibility index (Phi) is 5.85. The first-order chi connectivity index (χ1) is 8.54. The minimum Gasteiger partial charge on any atom is -0.464 e. The molecule has 1 rings (SSSR count). The van der Waals surface area contributed by atoms with E-state index in [4.69, 9.17) is 11.6 Å². The van der Waals surface area contributed by atoms with Crippen molar-refractivity contribution in [3.05, 3.63) is 40.9 Å². The predicted molar refractivity (Wildman–Crippen MR) is 69.1 cm³/mol. The fourth-order valence-corrected chi connectivity index (χ4v) is 1.38. The molecule has 0 aliphatic heterocycles. The number of carbonyl (C=O) groups excluding carboxylic acids is 1. The summed E-state index contributed by atoms with van der Waals surface area (Å²) in [6, 6.07) is 6.91. The Morgan fingerprint density at radius 3 is 2.56 bits per heavy atom. The average molecular weight is 271 g/mol. The number of carbonyl (C=O) groups is 1. The fraction of sp³-hybridized carbons (Fsp3) is 0.308. The molecule has 0 spiro atoms. The minimum atomic E-state index is -1.58.